The standard InChI is InChI=1S/C57H108NO7P/c1-6-8-10-12-14-16-18-20-22-24-26-27-28-29-30-31-32-33-35-37-39-41-43-45-47-49-52-62-54-56(55-64-66(60,61)63-53-51-58(3,4)5)65-57(59)50-48-46-44-42-40-38-36-34-25-23-21-19-17-15-13-11-9-7-2/h18,20,23-26,28-29,56H,6-17,19,21-22,27,30-55H2,1-5H3/b20-18-,25-23-,26-24-,29-28-. The number of carbonyl (C=O) groups excluding carboxylic acids is 1. The van der Waals surface area contributed by atoms with Crippen molar-refractivity contribution in [1.29, 1.82) is 0 Å². The third-order valence-electron chi connectivity index (χ3n) is 12.1. The van der Waals surface area contributed by atoms with E-state index >= 15 is 0 Å². The van der Waals surface area contributed by atoms with Gasteiger partial charge in [0.05, 0.1) is 34.4 Å². The first-order valence-corrected chi connectivity index (χ1v) is 29.3. The Balaban J connectivity index is 4.09. The van der Waals surface area contributed by atoms with Gasteiger partial charge in [0.2, 0.25) is 0 Å². The van der Waals surface area contributed by atoms with Crippen molar-refractivity contribution in [1.82, 2.24) is 0 Å². The highest BCUT2D eigenvalue weighted by Crippen LogP contribution is 2.38. The molecule has 0 N–H and O–H groups in total. The summed E-state index contributed by atoms with van der Waals surface area (Å²) in [5.74, 6) is -0.337. The minimum Gasteiger partial charge on any atom is -0.756 e. The first kappa shape index (κ1) is 64.5. The number of unbranched alkanes of at least 4 members (excludes halogenated alkanes) is 30. The average molecular weight is 950 g/mol. The van der Waals surface area contributed by atoms with E-state index < -0.39 is 13.9 Å². The topological polar surface area (TPSA) is 94.1 Å². The lowest BCUT2D eigenvalue weighted by Crippen LogP contribution is -2.37. The smallest absolute Gasteiger partial charge is 0.306 e. The summed E-state index contributed by atoms with van der Waals surface area (Å²) in [6.07, 6.45) is 62.8. The number of nitrogens with zero attached hydrogens (tertiary/aromatic N) is 1. The first-order valence-electron chi connectivity index (χ1n) is 27.9. The molecule has 8 nitrogen and oxygen atoms in total. The van der Waals surface area contributed by atoms with Crippen LogP contribution in [0.5, 0.6) is 0 Å². The molecule has 2 atom stereocenters. The molecule has 0 aromatic rings. The fraction of sp³-hybridized carbons (Fsp3) is 0.842. The quantitative estimate of drug-likeness (QED) is 0.0197. The fourth-order valence-corrected chi connectivity index (χ4v) is 8.51. The Bertz CT molecular complexity index is 1200. The summed E-state index contributed by atoms with van der Waals surface area (Å²) in [4.78, 5) is 25.2. The molecular weight excluding hydrogens is 842 g/mol. The van der Waals surface area contributed by atoms with Crippen molar-refractivity contribution in [2.75, 3.05) is 54.1 Å². The van der Waals surface area contributed by atoms with E-state index in [0.717, 1.165) is 44.9 Å². The highest BCUT2D eigenvalue weighted by atomic mass is 31.2. The van der Waals surface area contributed by atoms with Crippen LogP contribution in [0.4, 0.5) is 0 Å². The maximum Gasteiger partial charge on any atom is 0.306 e. The average Bonchev–Trinajstić information content (AvgIpc) is 3.28. The van der Waals surface area contributed by atoms with E-state index in [1.54, 1.807) is 0 Å². The predicted molar refractivity (Wildman–Crippen MR) is 282 cm³/mol. The van der Waals surface area contributed by atoms with E-state index in [-0.39, 0.29) is 25.8 Å². The van der Waals surface area contributed by atoms with Gasteiger partial charge in [0.1, 0.15) is 19.3 Å². The fourth-order valence-electron chi connectivity index (χ4n) is 7.79. The number of phosphoric acid groups is 1. The summed E-state index contributed by atoms with van der Waals surface area (Å²) in [5.41, 5.74) is 0. The monoisotopic (exact) mass is 950 g/mol. The first-order chi connectivity index (χ1) is 32.1. The molecule has 2 unspecified atom stereocenters. The Hall–Kier alpha value is -1.54. The molecule has 0 saturated carbocycles. The summed E-state index contributed by atoms with van der Waals surface area (Å²) in [6, 6.07) is 0. The van der Waals surface area contributed by atoms with E-state index in [9.17, 15) is 14.3 Å². The normalized spacial score (nSPS) is 13.8. The molecule has 0 aliphatic rings. The molecule has 388 valence electrons. The summed E-state index contributed by atoms with van der Waals surface area (Å²) in [7, 11) is 1.36. The van der Waals surface area contributed by atoms with Crippen LogP contribution in [0.3, 0.4) is 0 Å². The van der Waals surface area contributed by atoms with Crippen molar-refractivity contribution in [3.05, 3.63) is 48.6 Å². The van der Waals surface area contributed by atoms with Crippen molar-refractivity contribution >= 4 is 13.8 Å². The van der Waals surface area contributed by atoms with Gasteiger partial charge in [-0.2, -0.15) is 0 Å². The summed E-state index contributed by atoms with van der Waals surface area (Å²) < 4.78 is 34.8. The third-order valence-corrected chi connectivity index (χ3v) is 13.1. The number of allylic oxidation sites excluding steroid dienone is 8. The lowest BCUT2D eigenvalue weighted by Gasteiger charge is -2.28. The van der Waals surface area contributed by atoms with Gasteiger partial charge in [-0.05, 0) is 77.0 Å². The van der Waals surface area contributed by atoms with Crippen LogP contribution < -0.4 is 4.89 Å². The van der Waals surface area contributed by atoms with Gasteiger partial charge >= 0.3 is 5.97 Å². The predicted octanol–water partition coefficient (Wildman–Crippen LogP) is 16.8. The SMILES string of the molecule is CCCCCCC/C=C\C/C=C\C/C=C\CCCCCCCCCCCCCOCC(COP(=O)([O-])OCC[N+](C)(C)C)OC(=O)CCCCCCCCC/C=C\CCCCCCCCC. The second-order valence-corrected chi connectivity index (χ2v) is 21.3. The summed E-state index contributed by atoms with van der Waals surface area (Å²) in [5, 5.41) is 0. The number of esters is 1. The second kappa shape index (κ2) is 49.9. The molecule has 0 fully saturated rings. The van der Waals surface area contributed by atoms with Crippen LogP contribution in [0.1, 0.15) is 251 Å². The number of hydrogen-bond donors (Lipinski definition) is 0. The van der Waals surface area contributed by atoms with Gasteiger partial charge in [-0.25, -0.2) is 0 Å². The maximum absolute atomic E-state index is 12.8. The van der Waals surface area contributed by atoms with Gasteiger partial charge in [-0.15, -0.1) is 0 Å². The van der Waals surface area contributed by atoms with Gasteiger partial charge in [-0.1, -0.05) is 217 Å². The third kappa shape index (κ3) is 53.4. The molecule has 0 aliphatic carbocycles. The molecule has 0 heterocycles. The van der Waals surface area contributed by atoms with Crippen LogP contribution in [0.15, 0.2) is 48.6 Å². The van der Waals surface area contributed by atoms with E-state index in [2.05, 4.69) is 62.5 Å². The molecule has 0 bridgehead atoms. The van der Waals surface area contributed by atoms with E-state index in [4.69, 9.17) is 18.5 Å². The highest BCUT2D eigenvalue weighted by Gasteiger charge is 2.20. The Morgan fingerprint density at radius 2 is 0.833 bits per heavy atom. The number of phosphoric ester groups is 1. The lowest BCUT2D eigenvalue weighted by atomic mass is 10.1. The largest absolute Gasteiger partial charge is 0.756 e. The van der Waals surface area contributed by atoms with Gasteiger partial charge in [-0.3, -0.25) is 9.36 Å². The number of quaternary nitrogens is 1. The van der Waals surface area contributed by atoms with Crippen molar-refractivity contribution < 1.29 is 37.3 Å². The van der Waals surface area contributed by atoms with Gasteiger partial charge in [0.25, 0.3) is 7.82 Å². The van der Waals surface area contributed by atoms with E-state index in [0.29, 0.717) is 24.1 Å². The number of rotatable bonds is 52. The van der Waals surface area contributed by atoms with Crippen LogP contribution in [0, 0.1) is 0 Å². The zero-order valence-electron chi connectivity index (χ0n) is 44.1. The summed E-state index contributed by atoms with van der Waals surface area (Å²) >= 11 is 0. The molecule has 0 radical (unpaired) electrons. The number of ether oxygens (including phenoxy) is 2. The Kier molecular flexibility index (Phi) is 48.7. The molecule has 0 rings (SSSR count). The van der Waals surface area contributed by atoms with Crippen LogP contribution in [0.25, 0.3) is 0 Å². The van der Waals surface area contributed by atoms with Crippen molar-refractivity contribution in [3.63, 3.8) is 0 Å². The molecule has 0 saturated heterocycles. The molecular formula is C57H108NO7P. The Morgan fingerprint density at radius 3 is 1.26 bits per heavy atom. The van der Waals surface area contributed by atoms with Crippen LogP contribution in [-0.2, 0) is 27.9 Å². The van der Waals surface area contributed by atoms with Crippen LogP contribution in [0.2, 0.25) is 0 Å². The van der Waals surface area contributed by atoms with Gasteiger partial charge in [0.15, 0.2) is 0 Å². The minimum absolute atomic E-state index is 0.0243. The number of hydrogen-bond acceptors (Lipinski definition) is 7. The Labute approximate surface area is 409 Å². The number of carbonyl (C=O) groups is 1. The molecule has 0 amide bonds. The zero-order valence-corrected chi connectivity index (χ0v) is 45.0. The zero-order chi connectivity index (χ0) is 48.3. The molecule has 0 aromatic carbocycles. The molecule has 0 spiro atoms. The second-order valence-electron chi connectivity index (χ2n) is 19.9. The molecule has 0 aliphatic heterocycles. The molecule has 66 heavy (non-hydrogen) atoms. The van der Waals surface area contributed by atoms with Gasteiger partial charge in [0, 0.05) is 13.0 Å². The Morgan fingerprint density at radius 1 is 0.470 bits per heavy atom. The molecule has 9 heteroatoms. The van der Waals surface area contributed by atoms with Crippen molar-refractivity contribution in [2.45, 2.75) is 258 Å². The van der Waals surface area contributed by atoms with Crippen LogP contribution in [-0.4, -0.2) is 70.7 Å². The summed E-state index contributed by atoms with van der Waals surface area (Å²) in [6.45, 7) is 5.42. The highest BCUT2D eigenvalue weighted by molar-refractivity contribution is 7.45. The van der Waals surface area contributed by atoms with Crippen molar-refractivity contribution in [3.8, 4) is 0 Å². The van der Waals surface area contributed by atoms with E-state index in [1.165, 1.54) is 186 Å². The van der Waals surface area contributed by atoms with Crippen LogP contribution >= 0.6 is 7.82 Å². The van der Waals surface area contributed by atoms with Crippen molar-refractivity contribution in [2.24, 2.45) is 0 Å². The number of likely N-dealkylation sites (N-methyl/N-ethyl adjacent to an activating group) is 1. The minimum atomic E-state index is -4.54. The van der Waals surface area contributed by atoms with Gasteiger partial charge < -0.3 is 27.9 Å². The van der Waals surface area contributed by atoms with E-state index in [1.807, 2.05) is 21.1 Å². The maximum atomic E-state index is 12.8. The molecule has 0 aromatic heterocycles. The lowest BCUT2D eigenvalue weighted by molar-refractivity contribution is -0.870.